The molecular formula is C18H28N2. The molecule has 2 aliphatic rings. The van der Waals surface area contributed by atoms with E-state index in [0.717, 1.165) is 0 Å². The summed E-state index contributed by atoms with van der Waals surface area (Å²) in [4.78, 5) is 2.60. The fraction of sp³-hybridized carbons (Fsp3) is 0.667. The Labute approximate surface area is 123 Å². The third kappa shape index (κ3) is 3.07. The van der Waals surface area contributed by atoms with Gasteiger partial charge in [-0.3, -0.25) is 0 Å². The Morgan fingerprint density at radius 3 is 2.60 bits per heavy atom. The molecule has 0 spiro atoms. The first-order valence-corrected chi connectivity index (χ1v) is 8.32. The van der Waals surface area contributed by atoms with Crippen molar-refractivity contribution in [3.05, 3.63) is 35.4 Å². The Bertz CT molecular complexity index is 433. The summed E-state index contributed by atoms with van der Waals surface area (Å²) in [6.45, 7) is 7.13. The summed E-state index contributed by atoms with van der Waals surface area (Å²) in [6.07, 6.45) is 6.51. The van der Waals surface area contributed by atoms with E-state index in [1.807, 2.05) is 0 Å². The number of hydrogen-bond donors (Lipinski definition) is 1. The summed E-state index contributed by atoms with van der Waals surface area (Å²) in [5, 5.41) is 3.95. The Morgan fingerprint density at radius 1 is 1.10 bits per heavy atom. The summed E-state index contributed by atoms with van der Waals surface area (Å²) >= 11 is 0. The average molecular weight is 272 g/mol. The van der Waals surface area contributed by atoms with Crippen LogP contribution in [0.3, 0.4) is 0 Å². The molecule has 1 aliphatic carbocycles. The van der Waals surface area contributed by atoms with Crippen LogP contribution in [-0.2, 0) is 6.42 Å². The molecule has 1 fully saturated rings. The fourth-order valence-electron chi connectivity index (χ4n) is 3.79. The topological polar surface area (TPSA) is 15.3 Å². The molecule has 0 radical (unpaired) electrons. The Kier molecular flexibility index (Phi) is 4.42. The number of hydrogen-bond acceptors (Lipinski definition) is 2. The van der Waals surface area contributed by atoms with Crippen molar-refractivity contribution in [2.45, 2.75) is 64.1 Å². The maximum Gasteiger partial charge on any atom is 0.0325 e. The first-order chi connectivity index (χ1) is 9.74. The molecule has 1 aromatic rings. The molecule has 1 aliphatic heterocycles. The molecule has 0 bridgehead atoms. The zero-order valence-electron chi connectivity index (χ0n) is 12.9. The van der Waals surface area contributed by atoms with Crippen molar-refractivity contribution in [2.75, 3.05) is 13.1 Å². The summed E-state index contributed by atoms with van der Waals surface area (Å²) in [7, 11) is 0. The number of likely N-dealkylation sites (tertiary alicyclic amines) is 1. The monoisotopic (exact) mass is 272 g/mol. The van der Waals surface area contributed by atoms with E-state index in [2.05, 4.69) is 48.3 Å². The third-order valence-electron chi connectivity index (χ3n) is 5.07. The maximum absolute atomic E-state index is 3.95. The number of nitrogens with one attached hydrogen (secondary N) is 1. The largest absolute Gasteiger partial charge is 0.307 e. The van der Waals surface area contributed by atoms with Gasteiger partial charge in [0.2, 0.25) is 0 Å². The number of benzene rings is 1. The Morgan fingerprint density at radius 2 is 1.85 bits per heavy atom. The van der Waals surface area contributed by atoms with Crippen LogP contribution >= 0.6 is 0 Å². The van der Waals surface area contributed by atoms with Crippen molar-refractivity contribution in [3.63, 3.8) is 0 Å². The summed E-state index contributed by atoms with van der Waals surface area (Å²) in [5.74, 6) is 0. The molecule has 1 N–H and O–H groups in total. The van der Waals surface area contributed by atoms with E-state index in [9.17, 15) is 0 Å². The van der Waals surface area contributed by atoms with Crippen LogP contribution < -0.4 is 5.32 Å². The van der Waals surface area contributed by atoms with Crippen LogP contribution in [0.4, 0.5) is 0 Å². The molecular weight excluding hydrogens is 244 g/mol. The molecule has 0 aromatic heterocycles. The van der Waals surface area contributed by atoms with Gasteiger partial charge in [-0.2, -0.15) is 0 Å². The van der Waals surface area contributed by atoms with Crippen molar-refractivity contribution in [3.8, 4) is 0 Å². The van der Waals surface area contributed by atoms with Gasteiger partial charge in [0.15, 0.2) is 0 Å². The van der Waals surface area contributed by atoms with E-state index < -0.39 is 0 Å². The number of aryl methyl sites for hydroxylation is 1. The minimum atomic E-state index is 0.593. The lowest BCUT2D eigenvalue weighted by Gasteiger charge is -2.37. The highest BCUT2D eigenvalue weighted by atomic mass is 15.2. The van der Waals surface area contributed by atoms with Crippen LogP contribution in [0.15, 0.2) is 24.3 Å². The van der Waals surface area contributed by atoms with Crippen molar-refractivity contribution in [2.24, 2.45) is 0 Å². The molecule has 3 rings (SSSR count). The molecule has 1 atom stereocenters. The molecule has 1 saturated heterocycles. The molecule has 1 heterocycles. The molecule has 2 nitrogen and oxygen atoms in total. The standard InChI is InChI=1S/C18H28N2/c1-14(2)20-12-10-16(11-13-20)19-18-9-5-7-15-6-3-4-8-17(15)18/h3-4,6,8,14,16,18-19H,5,7,9-13H2,1-2H3. The number of piperidine rings is 1. The lowest BCUT2D eigenvalue weighted by atomic mass is 9.87. The zero-order chi connectivity index (χ0) is 13.9. The minimum absolute atomic E-state index is 0.593. The highest BCUT2D eigenvalue weighted by molar-refractivity contribution is 5.32. The van der Waals surface area contributed by atoms with Crippen molar-refractivity contribution >= 4 is 0 Å². The number of fused-ring (bicyclic) bond motifs is 1. The molecule has 20 heavy (non-hydrogen) atoms. The molecule has 1 unspecified atom stereocenters. The van der Waals surface area contributed by atoms with Gasteiger partial charge in [-0.1, -0.05) is 24.3 Å². The minimum Gasteiger partial charge on any atom is -0.307 e. The van der Waals surface area contributed by atoms with E-state index in [0.29, 0.717) is 18.1 Å². The smallest absolute Gasteiger partial charge is 0.0325 e. The van der Waals surface area contributed by atoms with Crippen LogP contribution in [0, 0.1) is 0 Å². The van der Waals surface area contributed by atoms with Crippen molar-refractivity contribution < 1.29 is 0 Å². The highest BCUT2D eigenvalue weighted by Crippen LogP contribution is 2.30. The van der Waals surface area contributed by atoms with Crippen LogP contribution in [0.2, 0.25) is 0 Å². The van der Waals surface area contributed by atoms with Crippen LogP contribution in [-0.4, -0.2) is 30.1 Å². The first kappa shape index (κ1) is 14.1. The van der Waals surface area contributed by atoms with Crippen molar-refractivity contribution in [1.82, 2.24) is 10.2 Å². The van der Waals surface area contributed by atoms with E-state index in [4.69, 9.17) is 0 Å². The molecule has 0 saturated carbocycles. The van der Waals surface area contributed by atoms with E-state index in [1.54, 1.807) is 11.1 Å². The Balaban J connectivity index is 1.60. The summed E-state index contributed by atoms with van der Waals surface area (Å²) in [6, 6.07) is 11.0. The van der Waals surface area contributed by atoms with Gasteiger partial charge in [0.25, 0.3) is 0 Å². The van der Waals surface area contributed by atoms with Crippen molar-refractivity contribution in [1.29, 1.82) is 0 Å². The normalized spacial score (nSPS) is 24.9. The molecule has 2 heteroatoms. The van der Waals surface area contributed by atoms with E-state index in [1.165, 1.54) is 45.2 Å². The van der Waals surface area contributed by atoms with Crippen LogP contribution in [0.25, 0.3) is 0 Å². The predicted molar refractivity (Wildman–Crippen MR) is 85.0 cm³/mol. The van der Waals surface area contributed by atoms with Gasteiger partial charge in [-0.15, -0.1) is 0 Å². The van der Waals surface area contributed by atoms with Crippen LogP contribution in [0.5, 0.6) is 0 Å². The summed E-state index contributed by atoms with van der Waals surface area (Å²) in [5.41, 5.74) is 3.13. The third-order valence-corrected chi connectivity index (χ3v) is 5.07. The van der Waals surface area contributed by atoms with Gasteiger partial charge in [0.05, 0.1) is 0 Å². The first-order valence-electron chi connectivity index (χ1n) is 8.32. The fourth-order valence-corrected chi connectivity index (χ4v) is 3.79. The summed E-state index contributed by atoms with van der Waals surface area (Å²) < 4.78 is 0. The van der Waals surface area contributed by atoms with Gasteiger partial charge in [-0.25, -0.2) is 0 Å². The van der Waals surface area contributed by atoms with Gasteiger partial charge >= 0.3 is 0 Å². The second kappa shape index (κ2) is 6.28. The molecule has 110 valence electrons. The molecule has 0 amide bonds. The average Bonchev–Trinajstić information content (AvgIpc) is 2.48. The zero-order valence-corrected chi connectivity index (χ0v) is 12.9. The van der Waals surface area contributed by atoms with Gasteiger partial charge in [0, 0.05) is 18.1 Å². The lowest BCUT2D eigenvalue weighted by Crippen LogP contribution is -2.46. The van der Waals surface area contributed by atoms with Gasteiger partial charge in [0.1, 0.15) is 0 Å². The number of nitrogens with zero attached hydrogens (tertiary/aromatic N) is 1. The maximum atomic E-state index is 3.95. The lowest BCUT2D eigenvalue weighted by molar-refractivity contribution is 0.155. The predicted octanol–water partition coefficient (Wildman–Crippen LogP) is 3.53. The van der Waals surface area contributed by atoms with Crippen LogP contribution in [0.1, 0.15) is 56.7 Å². The number of rotatable bonds is 3. The Hall–Kier alpha value is -0.860. The van der Waals surface area contributed by atoms with E-state index >= 15 is 0 Å². The van der Waals surface area contributed by atoms with Gasteiger partial charge < -0.3 is 10.2 Å². The second-order valence-corrected chi connectivity index (χ2v) is 6.71. The SMILES string of the molecule is CC(C)N1CCC(NC2CCCc3ccccc32)CC1. The molecule has 1 aromatic carbocycles. The van der Waals surface area contributed by atoms with Gasteiger partial charge in [-0.05, 0) is 70.2 Å². The van der Waals surface area contributed by atoms with E-state index in [-0.39, 0.29) is 0 Å². The second-order valence-electron chi connectivity index (χ2n) is 6.71. The quantitative estimate of drug-likeness (QED) is 0.905. The highest BCUT2D eigenvalue weighted by Gasteiger charge is 2.25.